The van der Waals surface area contributed by atoms with Crippen molar-refractivity contribution in [2.45, 2.75) is 168 Å². The van der Waals surface area contributed by atoms with Crippen LogP contribution in [-0.4, -0.2) is 49.3 Å². The molecule has 3 N–H and O–H groups in total. The van der Waals surface area contributed by atoms with Crippen molar-refractivity contribution in [1.29, 1.82) is 0 Å². The summed E-state index contributed by atoms with van der Waals surface area (Å²) in [5, 5.41) is 0. The second kappa shape index (κ2) is 40.1. The van der Waals surface area contributed by atoms with E-state index in [0.717, 1.165) is 83.5 Å². The minimum atomic E-state index is -4.39. The summed E-state index contributed by atoms with van der Waals surface area (Å²) in [4.78, 5) is 34.8. The topological polar surface area (TPSA) is 134 Å². The Kier molecular flexibility index (Phi) is 38.2. The molecule has 0 spiro atoms. The summed E-state index contributed by atoms with van der Waals surface area (Å²) in [6, 6.07) is 0. The van der Waals surface area contributed by atoms with Gasteiger partial charge in [-0.2, -0.15) is 0 Å². The quantitative estimate of drug-likeness (QED) is 0.0272. The van der Waals surface area contributed by atoms with Gasteiger partial charge < -0.3 is 20.1 Å². The molecule has 9 nitrogen and oxygen atoms in total. The molecule has 0 heterocycles. The molecule has 0 aliphatic heterocycles. The van der Waals surface area contributed by atoms with E-state index in [9.17, 15) is 19.0 Å². The second-order valence-corrected chi connectivity index (χ2v) is 14.9. The minimum absolute atomic E-state index is 0.0426. The van der Waals surface area contributed by atoms with Crippen molar-refractivity contribution in [2.75, 3.05) is 26.4 Å². The smallest absolute Gasteiger partial charge is 0.462 e. The zero-order chi connectivity index (χ0) is 39.6. The predicted octanol–water partition coefficient (Wildman–Crippen LogP) is 11.9. The third-order valence-corrected chi connectivity index (χ3v) is 9.30. The maximum absolute atomic E-state index is 12.5. The van der Waals surface area contributed by atoms with Gasteiger partial charge in [0.2, 0.25) is 0 Å². The molecule has 10 heteroatoms. The maximum Gasteiger partial charge on any atom is 0.472 e. The molecule has 0 aromatic rings. The second-order valence-electron chi connectivity index (χ2n) is 13.5. The molecule has 310 valence electrons. The normalized spacial score (nSPS) is 14.1. The van der Waals surface area contributed by atoms with Gasteiger partial charge in [0.05, 0.1) is 13.2 Å². The van der Waals surface area contributed by atoms with Crippen molar-refractivity contribution < 1.29 is 37.6 Å². The van der Waals surface area contributed by atoms with Gasteiger partial charge in [0.15, 0.2) is 6.10 Å². The molecule has 0 amide bonds. The zero-order valence-corrected chi connectivity index (χ0v) is 34.8. The van der Waals surface area contributed by atoms with Crippen molar-refractivity contribution in [3.8, 4) is 0 Å². The number of phosphoric ester groups is 1. The summed E-state index contributed by atoms with van der Waals surface area (Å²) >= 11 is 0. The first-order valence-electron chi connectivity index (χ1n) is 20.9. The molecular formula is C44H76NO8P. The highest BCUT2D eigenvalue weighted by Gasteiger charge is 2.25. The maximum atomic E-state index is 12.5. The van der Waals surface area contributed by atoms with Crippen LogP contribution in [0.4, 0.5) is 0 Å². The molecule has 0 radical (unpaired) electrons. The van der Waals surface area contributed by atoms with Gasteiger partial charge in [0, 0.05) is 19.4 Å². The summed E-state index contributed by atoms with van der Waals surface area (Å²) in [5.74, 6) is -0.888. The first-order chi connectivity index (χ1) is 26.3. The Morgan fingerprint density at radius 3 is 1.50 bits per heavy atom. The van der Waals surface area contributed by atoms with E-state index in [1.165, 1.54) is 38.5 Å². The molecule has 0 rings (SSSR count). The molecule has 0 aromatic heterocycles. The molecule has 0 aliphatic carbocycles. The van der Waals surface area contributed by atoms with E-state index in [2.05, 4.69) is 86.8 Å². The van der Waals surface area contributed by atoms with E-state index < -0.39 is 32.5 Å². The van der Waals surface area contributed by atoms with E-state index in [-0.39, 0.29) is 32.6 Å². The monoisotopic (exact) mass is 778 g/mol. The number of hydrogen-bond acceptors (Lipinski definition) is 8. The van der Waals surface area contributed by atoms with Crippen LogP contribution in [-0.2, 0) is 32.7 Å². The standard InChI is InChI=1S/C44H76NO8P/c1-3-5-7-9-11-13-15-17-19-20-21-22-23-25-26-28-30-32-34-36-43(46)50-40-42(41-52-54(48,49)51-39-38-45)53-44(47)37-35-33-31-29-27-24-18-16-14-12-10-8-6-4-2/h10-13,16-19,21-22,25-26,42H,3-9,14-15,20,23-24,27-41,45H2,1-2H3,(H,48,49)/b12-10-,13-11-,18-16-,19-17-,22-21-,26-25-/t42-/m1/s1. The van der Waals surface area contributed by atoms with Gasteiger partial charge >= 0.3 is 19.8 Å². The summed E-state index contributed by atoms with van der Waals surface area (Å²) in [6.07, 6.45) is 47.8. The average molecular weight is 778 g/mol. The summed E-state index contributed by atoms with van der Waals surface area (Å²) in [6.45, 7) is 3.59. The number of unbranched alkanes of at least 4 members (excludes halogenated alkanes) is 13. The van der Waals surface area contributed by atoms with Crippen molar-refractivity contribution in [3.63, 3.8) is 0 Å². The van der Waals surface area contributed by atoms with Crippen molar-refractivity contribution in [1.82, 2.24) is 0 Å². The number of carbonyl (C=O) groups is 2. The van der Waals surface area contributed by atoms with E-state index in [4.69, 9.17) is 24.3 Å². The number of nitrogens with two attached hydrogens (primary N) is 1. The Morgan fingerprint density at radius 2 is 0.981 bits per heavy atom. The van der Waals surface area contributed by atoms with Gasteiger partial charge in [0.1, 0.15) is 6.61 Å². The summed E-state index contributed by atoms with van der Waals surface area (Å²) in [7, 11) is -4.39. The molecule has 2 atom stereocenters. The van der Waals surface area contributed by atoms with Crippen LogP contribution in [0.2, 0.25) is 0 Å². The van der Waals surface area contributed by atoms with E-state index in [1.807, 2.05) is 0 Å². The van der Waals surface area contributed by atoms with Crippen LogP contribution in [0, 0.1) is 0 Å². The van der Waals surface area contributed by atoms with E-state index in [0.29, 0.717) is 12.8 Å². The van der Waals surface area contributed by atoms with E-state index >= 15 is 0 Å². The average Bonchev–Trinajstić information content (AvgIpc) is 3.16. The van der Waals surface area contributed by atoms with Crippen LogP contribution < -0.4 is 5.73 Å². The third kappa shape index (κ3) is 39.2. The van der Waals surface area contributed by atoms with Crippen molar-refractivity contribution >= 4 is 19.8 Å². The molecule has 0 fully saturated rings. The Morgan fingerprint density at radius 1 is 0.556 bits per heavy atom. The van der Waals surface area contributed by atoms with Crippen LogP contribution in [0.1, 0.15) is 162 Å². The number of hydrogen-bond donors (Lipinski definition) is 2. The highest BCUT2D eigenvalue weighted by atomic mass is 31.2. The Bertz CT molecular complexity index is 1110. The molecule has 0 aromatic carbocycles. The largest absolute Gasteiger partial charge is 0.472 e. The molecule has 54 heavy (non-hydrogen) atoms. The fraction of sp³-hybridized carbons (Fsp3) is 0.682. The summed E-state index contributed by atoms with van der Waals surface area (Å²) in [5.41, 5.74) is 5.34. The Labute approximate surface area is 329 Å². The number of rotatable bonds is 38. The minimum Gasteiger partial charge on any atom is -0.462 e. The highest BCUT2D eigenvalue weighted by Crippen LogP contribution is 2.43. The number of carbonyl (C=O) groups excluding carboxylic acids is 2. The number of esters is 2. The molecule has 0 saturated heterocycles. The molecule has 0 bridgehead atoms. The summed E-state index contributed by atoms with van der Waals surface area (Å²) < 4.78 is 32.7. The predicted molar refractivity (Wildman–Crippen MR) is 224 cm³/mol. The van der Waals surface area contributed by atoms with Gasteiger partial charge in [-0.1, -0.05) is 138 Å². The molecular weight excluding hydrogens is 701 g/mol. The first kappa shape index (κ1) is 51.5. The lowest BCUT2D eigenvalue weighted by atomic mass is 10.1. The van der Waals surface area contributed by atoms with Crippen molar-refractivity contribution in [2.24, 2.45) is 5.73 Å². The fourth-order valence-electron chi connectivity index (χ4n) is 5.16. The van der Waals surface area contributed by atoms with Gasteiger partial charge in [0.25, 0.3) is 0 Å². The van der Waals surface area contributed by atoms with Gasteiger partial charge in [-0.3, -0.25) is 18.6 Å². The zero-order valence-electron chi connectivity index (χ0n) is 33.9. The lowest BCUT2D eigenvalue weighted by Crippen LogP contribution is -2.29. The number of phosphoric acid groups is 1. The highest BCUT2D eigenvalue weighted by molar-refractivity contribution is 7.47. The van der Waals surface area contributed by atoms with Crippen LogP contribution >= 0.6 is 7.82 Å². The molecule has 1 unspecified atom stereocenters. The van der Waals surface area contributed by atoms with Crippen molar-refractivity contribution in [3.05, 3.63) is 72.9 Å². The lowest BCUT2D eigenvalue weighted by molar-refractivity contribution is -0.161. The fourth-order valence-corrected chi connectivity index (χ4v) is 5.93. The Hall–Kier alpha value is -2.55. The number of allylic oxidation sites excluding steroid dienone is 12. The van der Waals surface area contributed by atoms with Gasteiger partial charge in [-0.15, -0.1) is 0 Å². The first-order valence-corrected chi connectivity index (χ1v) is 22.4. The van der Waals surface area contributed by atoms with Gasteiger partial charge in [-0.25, -0.2) is 4.57 Å². The number of ether oxygens (including phenoxy) is 2. The van der Waals surface area contributed by atoms with E-state index in [1.54, 1.807) is 0 Å². The van der Waals surface area contributed by atoms with Crippen LogP contribution in [0.15, 0.2) is 72.9 Å². The SMILES string of the molecule is CCCC/C=C\C/C=C\CCCCCCCC(=O)O[C@H](COC(=O)CCCCC/C=C\C/C=C\C/C=C\C/C=C\CCCCC)COP(=O)(O)OCCN. The lowest BCUT2D eigenvalue weighted by Gasteiger charge is -2.19. The molecule has 0 saturated carbocycles. The van der Waals surface area contributed by atoms with Crippen LogP contribution in [0.25, 0.3) is 0 Å². The molecule has 0 aliphatic rings. The van der Waals surface area contributed by atoms with Gasteiger partial charge in [-0.05, 0) is 83.5 Å². The third-order valence-electron chi connectivity index (χ3n) is 8.31. The van der Waals surface area contributed by atoms with Crippen LogP contribution in [0.3, 0.4) is 0 Å². The van der Waals surface area contributed by atoms with Crippen LogP contribution in [0.5, 0.6) is 0 Å². The Balaban J connectivity index is 4.27.